The van der Waals surface area contributed by atoms with E-state index >= 15 is 0 Å². The second-order valence-corrected chi connectivity index (χ2v) is 6.08. The Morgan fingerprint density at radius 1 is 1.12 bits per heavy atom. The van der Waals surface area contributed by atoms with E-state index in [4.69, 9.17) is 14.2 Å². The van der Waals surface area contributed by atoms with Crippen LogP contribution in [-0.2, 0) is 28.6 Å². The molecule has 0 spiro atoms. The quantitative estimate of drug-likeness (QED) is 0.526. The van der Waals surface area contributed by atoms with Gasteiger partial charge in [-0.05, 0) is 39.0 Å². The van der Waals surface area contributed by atoms with Gasteiger partial charge >= 0.3 is 5.97 Å². The lowest BCUT2D eigenvalue weighted by atomic mass is 9.85. The second-order valence-electron chi connectivity index (χ2n) is 6.08. The normalized spacial score (nSPS) is 26.9. The van der Waals surface area contributed by atoms with E-state index in [-0.39, 0.29) is 36.7 Å². The van der Waals surface area contributed by atoms with Crippen molar-refractivity contribution in [3.8, 4) is 0 Å². The van der Waals surface area contributed by atoms with E-state index in [0.717, 1.165) is 25.3 Å². The zero-order valence-corrected chi connectivity index (χ0v) is 14.2. The van der Waals surface area contributed by atoms with Crippen molar-refractivity contribution in [2.24, 2.45) is 5.92 Å². The highest BCUT2D eigenvalue weighted by Gasteiger charge is 2.31. The smallest absolute Gasteiger partial charge is 0.310 e. The molecule has 0 aromatic carbocycles. The van der Waals surface area contributed by atoms with E-state index in [9.17, 15) is 14.4 Å². The summed E-state index contributed by atoms with van der Waals surface area (Å²) >= 11 is 0. The van der Waals surface area contributed by atoms with Crippen LogP contribution in [0.4, 0.5) is 0 Å². The number of ether oxygens (including phenoxy) is 3. The molecule has 134 valence electrons. The number of esters is 1. The molecule has 0 aromatic heterocycles. The van der Waals surface area contributed by atoms with Gasteiger partial charge in [0.2, 0.25) is 0 Å². The highest BCUT2D eigenvalue weighted by atomic mass is 16.5. The molecule has 2 amide bonds. The average Bonchev–Trinajstić information content (AvgIpc) is 2.83. The van der Waals surface area contributed by atoms with Crippen molar-refractivity contribution in [2.45, 2.75) is 51.7 Å². The van der Waals surface area contributed by atoms with Crippen molar-refractivity contribution >= 4 is 17.8 Å². The van der Waals surface area contributed by atoms with Gasteiger partial charge in [0.1, 0.15) is 0 Å². The monoisotopic (exact) mass is 339 g/mol. The van der Waals surface area contributed by atoms with Gasteiger partial charge in [-0.3, -0.25) is 19.7 Å². The van der Waals surface area contributed by atoms with Crippen LogP contribution < -0.4 is 5.32 Å². The van der Waals surface area contributed by atoms with Gasteiger partial charge < -0.3 is 14.2 Å². The van der Waals surface area contributed by atoms with Gasteiger partial charge in [0.05, 0.1) is 25.2 Å². The molecular formula is C17H25NO6. The number of amides is 2. The lowest BCUT2D eigenvalue weighted by Gasteiger charge is -2.34. The highest BCUT2D eigenvalue weighted by Crippen LogP contribution is 2.29. The molecule has 2 aliphatic rings. The molecule has 1 saturated carbocycles. The summed E-state index contributed by atoms with van der Waals surface area (Å²) in [6.07, 6.45) is 3.70. The van der Waals surface area contributed by atoms with E-state index in [0.29, 0.717) is 13.2 Å². The van der Waals surface area contributed by atoms with Crippen LogP contribution in [0.15, 0.2) is 11.6 Å². The molecule has 7 nitrogen and oxygen atoms in total. The molecule has 24 heavy (non-hydrogen) atoms. The van der Waals surface area contributed by atoms with Gasteiger partial charge in [-0.2, -0.15) is 0 Å². The fraction of sp³-hybridized carbons (Fsp3) is 0.706. The Hall–Kier alpha value is -1.73. The number of imide groups is 1. The van der Waals surface area contributed by atoms with E-state index in [1.54, 1.807) is 0 Å². The Labute approximate surface area is 141 Å². The first-order valence-corrected chi connectivity index (χ1v) is 8.46. The maximum Gasteiger partial charge on any atom is 0.310 e. The third-order valence-electron chi connectivity index (χ3n) is 4.17. The Morgan fingerprint density at radius 3 is 2.25 bits per heavy atom. The molecule has 1 heterocycles. The van der Waals surface area contributed by atoms with Gasteiger partial charge in [-0.25, -0.2) is 0 Å². The molecule has 1 aliphatic heterocycles. The standard InChI is InChI=1S/C17H25NO6/c1-3-22-13-5-11(6-14(9-13)23-4-2)10-24-16(20)8-12-7-15(19)18-17(12)21/h7,11,13-14H,3-6,8-10H2,1-2H3,(H,18,19,21)/t13-,14-/m0/s1. The summed E-state index contributed by atoms with van der Waals surface area (Å²) in [5.41, 5.74) is 0.146. The Morgan fingerprint density at radius 2 is 1.75 bits per heavy atom. The summed E-state index contributed by atoms with van der Waals surface area (Å²) in [5.74, 6) is -1.35. The highest BCUT2D eigenvalue weighted by molar-refractivity contribution is 6.17. The summed E-state index contributed by atoms with van der Waals surface area (Å²) in [6.45, 7) is 5.48. The molecular weight excluding hydrogens is 314 g/mol. The topological polar surface area (TPSA) is 90.9 Å². The summed E-state index contributed by atoms with van der Waals surface area (Å²) in [4.78, 5) is 34.4. The van der Waals surface area contributed by atoms with Gasteiger partial charge in [0, 0.05) is 24.9 Å². The molecule has 2 atom stereocenters. The van der Waals surface area contributed by atoms with Crippen molar-refractivity contribution in [3.05, 3.63) is 11.6 Å². The first-order valence-electron chi connectivity index (χ1n) is 8.46. The largest absolute Gasteiger partial charge is 0.465 e. The average molecular weight is 339 g/mol. The van der Waals surface area contributed by atoms with Crippen LogP contribution in [0.3, 0.4) is 0 Å². The van der Waals surface area contributed by atoms with Crippen LogP contribution >= 0.6 is 0 Å². The van der Waals surface area contributed by atoms with Crippen LogP contribution in [0, 0.1) is 5.92 Å². The number of hydrogen-bond donors (Lipinski definition) is 1. The predicted molar refractivity (Wildman–Crippen MR) is 85.0 cm³/mol. The van der Waals surface area contributed by atoms with E-state index in [2.05, 4.69) is 5.32 Å². The second kappa shape index (κ2) is 8.94. The minimum absolute atomic E-state index is 0.116. The third-order valence-corrected chi connectivity index (χ3v) is 4.17. The van der Waals surface area contributed by atoms with Crippen LogP contribution in [0.25, 0.3) is 0 Å². The molecule has 0 bridgehead atoms. The lowest BCUT2D eigenvalue weighted by Crippen LogP contribution is -2.35. The van der Waals surface area contributed by atoms with Gasteiger partial charge in [-0.1, -0.05) is 0 Å². The summed E-state index contributed by atoms with van der Waals surface area (Å²) in [6, 6.07) is 0. The van der Waals surface area contributed by atoms with Crippen molar-refractivity contribution in [1.82, 2.24) is 5.32 Å². The molecule has 2 rings (SSSR count). The Kier molecular flexibility index (Phi) is 6.93. The number of carbonyl (C=O) groups is 3. The van der Waals surface area contributed by atoms with Crippen LogP contribution in [0.2, 0.25) is 0 Å². The van der Waals surface area contributed by atoms with Crippen LogP contribution in [-0.4, -0.2) is 49.8 Å². The minimum Gasteiger partial charge on any atom is -0.465 e. The molecule has 0 aromatic rings. The predicted octanol–water partition coefficient (Wildman–Crippen LogP) is 1.11. The lowest BCUT2D eigenvalue weighted by molar-refractivity contribution is -0.147. The summed E-state index contributed by atoms with van der Waals surface area (Å²) < 4.78 is 16.7. The molecule has 7 heteroatoms. The SMILES string of the molecule is CCO[C@H]1CC(COC(=O)CC2=CC(=O)NC2=O)C[C@H](OCC)C1. The molecule has 1 aliphatic carbocycles. The summed E-state index contributed by atoms with van der Waals surface area (Å²) in [7, 11) is 0. The number of nitrogens with one attached hydrogen (secondary N) is 1. The maximum atomic E-state index is 11.9. The van der Waals surface area contributed by atoms with Crippen molar-refractivity contribution in [1.29, 1.82) is 0 Å². The molecule has 1 fully saturated rings. The minimum atomic E-state index is -0.526. The number of hydrogen-bond acceptors (Lipinski definition) is 6. The van der Waals surface area contributed by atoms with E-state index in [1.807, 2.05) is 13.8 Å². The fourth-order valence-corrected chi connectivity index (χ4v) is 3.21. The maximum absolute atomic E-state index is 11.9. The third kappa shape index (κ3) is 5.42. The molecule has 1 N–H and O–H groups in total. The number of carbonyl (C=O) groups excluding carboxylic acids is 3. The van der Waals surface area contributed by atoms with Crippen molar-refractivity contribution in [3.63, 3.8) is 0 Å². The van der Waals surface area contributed by atoms with Crippen LogP contribution in [0.5, 0.6) is 0 Å². The Bertz CT molecular complexity index is 501. The summed E-state index contributed by atoms with van der Waals surface area (Å²) in [5, 5.41) is 2.11. The molecule has 0 radical (unpaired) electrons. The van der Waals surface area contributed by atoms with E-state index in [1.165, 1.54) is 0 Å². The number of rotatable bonds is 8. The van der Waals surface area contributed by atoms with Gasteiger partial charge in [0.25, 0.3) is 11.8 Å². The van der Waals surface area contributed by atoms with Crippen molar-refractivity contribution in [2.75, 3.05) is 19.8 Å². The molecule has 0 saturated heterocycles. The Balaban J connectivity index is 1.81. The first kappa shape index (κ1) is 18.6. The fourth-order valence-electron chi connectivity index (χ4n) is 3.21. The molecule has 0 unspecified atom stereocenters. The van der Waals surface area contributed by atoms with E-state index < -0.39 is 17.8 Å². The zero-order valence-electron chi connectivity index (χ0n) is 14.2. The van der Waals surface area contributed by atoms with Gasteiger partial charge in [0.15, 0.2) is 0 Å². The first-order chi connectivity index (χ1) is 11.5. The zero-order chi connectivity index (χ0) is 17.5. The van der Waals surface area contributed by atoms with Gasteiger partial charge in [-0.15, -0.1) is 0 Å². The van der Waals surface area contributed by atoms with Crippen molar-refractivity contribution < 1.29 is 28.6 Å². The van der Waals surface area contributed by atoms with Crippen LogP contribution in [0.1, 0.15) is 39.5 Å².